The molecule has 5 nitrogen and oxygen atoms in total. The molecule has 1 aromatic carbocycles. The molecule has 1 amide bonds. The lowest BCUT2D eigenvalue weighted by Gasteiger charge is -2.24. The van der Waals surface area contributed by atoms with Gasteiger partial charge in [-0.25, -0.2) is 4.79 Å². The lowest BCUT2D eigenvalue weighted by atomic mass is 10.0. The van der Waals surface area contributed by atoms with Crippen molar-refractivity contribution in [3.63, 3.8) is 0 Å². The summed E-state index contributed by atoms with van der Waals surface area (Å²) in [4.78, 5) is 22.8. The third-order valence-electron chi connectivity index (χ3n) is 2.89. The first-order valence-corrected chi connectivity index (χ1v) is 7.01. The second-order valence-corrected chi connectivity index (χ2v) is 5.94. The molecule has 0 atom stereocenters. The van der Waals surface area contributed by atoms with Crippen molar-refractivity contribution >= 4 is 27.8 Å². The van der Waals surface area contributed by atoms with Crippen LogP contribution in [0.15, 0.2) is 22.7 Å². The Balaban J connectivity index is 2.73. The van der Waals surface area contributed by atoms with Crippen LogP contribution in [0.1, 0.15) is 37.6 Å². The molecule has 110 valence electrons. The van der Waals surface area contributed by atoms with E-state index in [1.165, 1.54) is 12.1 Å². The Morgan fingerprint density at radius 1 is 1.40 bits per heavy atom. The Morgan fingerprint density at radius 2 is 2.05 bits per heavy atom. The largest absolute Gasteiger partial charge is 0.483 e. The fourth-order valence-corrected chi connectivity index (χ4v) is 1.78. The van der Waals surface area contributed by atoms with E-state index in [2.05, 4.69) is 21.2 Å². The summed E-state index contributed by atoms with van der Waals surface area (Å²) in [6, 6.07) is 4.56. The van der Waals surface area contributed by atoms with Crippen LogP contribution in [-0.4, -0.2) is 29.1 Å². The van der Waals surface area contributed by atoms with Crippen LogP contribution in [0, 0.1) is 0 Å². The van der Waals surface area contributed by atoms with E-state index < -0.39 is 5.97 Å². The molecule has 0 fully saturated rings. The van der Waals surface area contributed by atoms with Crippen molar-refractivity contribution < 1.29 is 19.4 Å². The normalized spacial score (nSPS) is 11.0. The zero-order chi connectivity index (χ0) is 15.3. The van der Waals surface area contributed by atoms with E-state index in [1.54, 1.807) is 6.07 Å². The molecule has 0 aromatic heterocycles. The summed E-state index contributed by atoms with van der Waals surface area (Å²) in [7, 11) is 0. The molecule has 0 heterocycles. The molecule has 6 heteroatoms. The van der Waals surface area contributed by atoms with Gasteiger partial charge in [0.1, 0.15) is 11.3 Å². The Hall–Kier alpha value is -1.56. The number of carbonyl (C=O) groups excluding carboxylic acids is 1. The number of carboxylic acid groups (broad SMARTS) is 1. The smallest absolute Gasteiger partial charge is 0.339 e. The van der Waals surface area contributed by atoms with Gasteiger partial charge >= 0.3 is 5.97 Å². The van der Waals surface area contributed by atoms with Gasteiger partial charge in [-0.05, 0) is 38.5 Å². The van der Waals surface area contributed by atoms with Gasteiger partial charge in [0.2, 0.25) is 0 Å². The molecule has 0 radical (unpaired) electrons. The minimum Gasteiger partial charge on any atom is -0.483 e. The first-order valence-electron chi connectivity index (χ1n) is 6.22. The lowest BCUT2D eigenvalue weighted by Crippen LogP contribution is -2.44. The zero-order valence-electron chi connectivity index (χ0n) is 11.7. The van der Waals surface area contributed by atoms with Crippen LogP contribution in [-0.2, 0) is 4.79 Å². The van der Waals surface area contributed by atoms with Crippen molar-refractivity contribution in [3.05, 3.63) is 28.2 Å². The summed E-state index contributed by atoms with van der Waals surface area (Å²) in [6.07, 6.45) is 0.788. The first-order chi connectivity index (χ1) is 9.25. The van der Waals surface area contributed by atoms with E-state index in [1.807, 2.05) is 20.8 Å². The number of hydrogen-bond acceptors (Lipinski definition) is 3. The summed E-state index contributed by atoms with van der Waals surface area (Å²) >= 11 is 3.24. The van der Waals surface area contributed by atoms with Crippen molar-refractivity contribution in [2.45, 2.75) is 32.7 Å². The van der Waals surface area contributed by atoms with E-state index >= 15 is 0 Å². The van der Waals surface area contributed by atoms with E-state index in [-0.39, 0.29) is 29.4 Å². The number of amides is 1. The quantitative estimate of drug-likeness (QED) is 0.832. The highest BCUT2D eigenvalue weighted by Gasteiger charge is 2.19. The van der Waals surface area contributed by atoms with Gasteiger partial charge in [-0.3, -0.25) is 4.79 Å². The maximum absolute atomic E-state index is 11.8. The summed E-state index contributed by atoms with van der Waals surface area (Å²) in [5, 5.41) is 11.9. The monoisotopic (exact) mass is 343 g/mol. The molecule has 0 aliphatic heterocycles. The standard InChI is InChI=1S/C14H18BrNO4/c1-4-14(2,3)16-12(17)8-20-11-7-9(15)5-6-10(11)13(18)19/h5-7H,4,8H2,1-3H3,(H,16,17)(H,18,19). The fourth-order valence-electron chi connectivity index (χ4n) is 1.44. The predicted molar refractivity (Wildman–Crippen MR) is 79.1 cm³/mol. The Kier molecular flexibility index (Phi) is 5.56. The van der Waals surface area contributed by atoms with Gasteiger partial charge in [-0.15, -0.1) is 0 Å². The lowest BCUT2D eigenvalue weighted by molar-refractivity contribution is -0.124. The van der Waals surface area contributed by atoms with Crippen LogP contribution in [0.25, 0.3) is 0 Å². The third-order valence-corrected chi connectivity index (χ3v) is 3.39. The minimum atomic E-state index is -1.10. The number of ether oxygens (including phenoxy) is 1. The molecule has 0 spiro atoms. The van der Waals surface area contributed by atoms with E-state index in [0.717, 1.165) is 6.42 Å². The Morgan fingerprint density at radius 3 is 2.60 bits per heavy atom. The van der Waals surface area contributed by atoms with Crippen LogP contribution in [0.4, 0.5) is 0 Å². The van der Waals surface area contributed by atoms with E-state index in [0.29, 0.717) is 4.47 Å². The number of halogens is 1. The van der Waals surface area contributed by atoms with Gasteiger partial charge in [0.25, 0.3) is 5.91 Å². The molecule has 1 rings (SSSR count). The number of hydrogen-bond donors (Lipinski definition) is 2. The summed E-state index contributed by atoms with van der Waals surface area (Å²) in [5.74, 6) is -1.22. The van der Waals surface area contributed by atoms with Crippen LogP contribution >= 0.6 is 15.9 Å². The van der Waals surface area contributed by atoms with E-state index in [9.17, 15) is 9.59 Å². The maximum atomic E-state index is 11.8. The number of benzene rings is 1. The van der Waals surface area contributed by atoms with Gasteiger partial charge in [-0.2, -0.15) is 0 Å². The highest BCUT2D eigenvalue weighted by atomic mass is 79.9. The minimum absolute atomic E-state index is 0.0238. The number of rotatable bonds is 6. The molecule has 0 saturated heterocycles. The Labute approximate surface area is 126 Å². The maximum Gasteiger partial charge on any atom is 0.339 e. The van der Waals surface area contributed by atoms with Crippen LogP contribution in [0.2, 0.25) is 0 Å². The highest BCUT2D eigenvalue weighted by molar-refractivity contribution is 9.10. The average molecular weight is 344 g/mol. The van der Waals surface area contributed by atoms with Crippen molar-refractivity contribution in [1.29, 1.82) is 0 Å². The van der Waals surface area contributed by atoms with Gasteiger partial charge in [-0.1, -0.05) is 22.9 Å². The first kappa shape index (κ1) is 16.5. The molecule has 0 bridgehead atoms. The average Bonchev–Trinajstić information content (AvgIpc) is 2.35. The molecule has 0 aliphatic carbocycles. The number of carbonyl (C=O) groups is 2. The molecule has 0 unspecified atom stereocenters. The van der Waals surface area contributed by atoms with E-state index in [4.69, 9.17) is 9.84 Å². The molecule has 0 aliphatic rings. The van der Waals surface area contributed by atoms with Gasteiger partial charge in [0.05, 0.1) is 0 Å². The van der Waals surface area contributed by atoms with Crippen molar-refractivity contribution in [2.24, 2.45) is 0 Å². The summed E-state index contributed by atoms with van der Waals surface area (Å²) < 4.78 is 6.00. The number of nitrogens with one attached hydrogen (secondary N) is 1. The van der Waals surface area contributed by atoms with Crippen LogP contribution in [0.3, 0.4) is 0 Å². The third kappa shape index (κ3) is 4.85. The Bertz CT molecular complexity index is 514. The second-order valence-electron chi connectivity index (χ2n) is 5.02. The fraction of sp³-hybridized carbons (Fsp3) is 0.429. The SMILES string of the molecule is CCC(C)(C)NC(=O)COc1cc(Br)ccc1C(=O)O. The van der Waals surface area contributed by atoms with Crippen LogP contribution in [0.5, 0.6) is 5.75 Å². The summed E-state index contributed by atoms with van der Waals surface area (Å²) in [6.45, 7) is 5.57. The molecular weight excluding hydrogens is 326 g/mol. The molecule has 0 saturated carbocycles. The zero-order valence-corrected chi connectivity index (χ0v) is 13.3. The number of aromatic carboxylic acids is 1. The van der Waals surface area contributed by atoms with Gasteiger partial charge in [0.15, 0.2) is 6.61 Å². The van der Waals surface area contributed by atoms with Crippen molar-refractivity contribution in [1.82, 2.24) is 5.32 Å². The molecule has 2 N–H and O–H groups in total. The topological polar surface area (TPSA) is 75.6 Å². The predicted octanol–water partition coefficient (Wildman–Crippen LogP) is 2.83. The van der Waals surface area contributed by atoms with Crippen LogP contribution < -0.4 is 10.1 Å². The molecular formula is C14H18BrNO4. The van der Waals surface area contributed by atoms with Crippen molar-refractivity contribution in [2.75, 3.05) is 6.61 Å². The van der Waals surface area contributed by atoms with Gasteiger partial charge in [0, 0.05) is 10.0 Å². The van der Waals surface area contributed by atoms with Crippen molar-refractivity contribution in [3.8, 4) is 5.75 Å². The second kappa shape index (κ2) is 6.74. The highest BCUT2D eigenvalue weighted by Crippen LogP contribution is 2.23. The summed E-state index contributed by atoms with van der Waals surface area (Å²) in [5.41, 5.74) is -0.288. The molecule has 20 heavy (non-hydrogen) atoms. The number of carboxylic acids is 1. The van der Waals surface area contributed by atoms with Gasteiger partial charge < -0.3 is 15.2 Å². The molecule has 1 aromatic rings.